The highest BCUT2D eigenvalue weighted by Crippen LogP contribution is 2.27. The molecule has 1 unspecified atom stereocenters. The van der Waals surface area contributed by atoms with Gasteiger partial charge in [0.1, 0.15) is 5.82 Å². The van der Waals surface area contributed by atoms with Crippen LogP contribution in [-0.4, -0.2) is 47.6 Å². The number of anilines is 1. The van der Waals surface area contributed by atoms with Gasteiger partial charge in [0.15, 0.2) is 0 Å². The van der Waals surface area contributed by atoms with E-state index < -0.39 is 11.9 Å². The SMILES string of the molecule is CCCCC(CCCC)N(C(=O)CN1CCC(C(=O)O)C1)c1ccc(F)c(C)c1. The molecule has 5 nitrogen and oxygen atoms in total. The van der Waals surface area contributed by atoms with Crippen LogP contribution in [0.1, 0.15) is 64.4 Å². The average Bonchev–Trinajstić information content (AvgIpc) is 3.15. The molecule has 1 N–H and O–H groups in total. The van der Waals surface area contributed by atoms with Crippen molar-refractivity contribution in [1.82, 2.24) is 4.90 Å². The first-order valence-electron chi connectivity index (χ1n) is 10.9. The molecule has 29 heavy (non-hydrogen) atoms. The standard InChI is InChI=1S/C23H35FN2O3/c1-4-6-8-19(9-7-5-2)26(20-10-11-21(24)17(3)14-20)22(27)16-25-13-12-18(15-25)23(28)29/h10-11,14,18-19H,4-9,12-13,15-16H2,1-3H3,(H,28,29). The van der Waals surface area contributed by atoms with Gasteiger partial charge in [-0.25, -0.2) is 4.39 Å². The van der Waals surface area contributed by atoms with Gasteiger partial charge in [-0.3, -0.25) is 14.5 Å². The largest absolute Gasteiger partial charge is 0.481 e. The van der Waals surface area contributed by atoms with Crippen LogP contribution in [-0.2, 0) is 9.59 Å². The second-order valence-electron chi connectivity index (χ2n) is 8.19. The van der Waals surface area contributed by atoms with Crippen molar-refractivity contribution in [2.24, 2.45) is 5.92 Å². The number of carbonyl (C=O) groups is 2. The highest BCUT2D eigenvalue weighted by Gasteiger charge is 2.32. The van der Waals surface area contributed by atoms with Crippen molar-refractivity contribution in [3.8, 4) is 0 Å². The smallest absolute Gasteiger partial charge is 0.307 e. The summed E-state index contributed by atoms with van der Waals surface area (Å²) in [5.74, 6) is -1.50. The van der Waals surface area contributed by atoms with Crippen molar-refractivity contribution in [2.75, 3.05) is 24.5 Å². The number of amides is 1. The van der Waals surface area contributed by atoms with Gasteiger partial charge >= 0.3 is 5.97 Å². The van der Waals surface area contributed by atoms with Crippen LogP contribution in [0.3, 0.4) is 0 Å². The summed E-state index contributed by atoms with van der Waals surface area (Å²) in [5.41, 5.74) is 1.26. The van der Waals surface area contributed by atoms with E-state index in [1.54, 1.807) is 19.1 Å². The Bertz CT molecular complexity index is 687. The number of carboxylic acid groups (broad SMARTS) is 1. The van der Waals surface area contributed by atoms with Crippen molar-refractivity contribution in [3.63, 3.8) is 0 Å². The predicted octanol–water partition coefficient (Wildman–Crippen LogP) is 4.62. The van der Waals surface area contributed by atoms with Gasteiger partial charge in [0, 0.05) is 18.3 Å². The number of carbonyl (C=O) groups excluding carboxylic acids is 1. The fraction of sp³-hybridized carbons (Fsp3) is 0.652. The molecule has 1 fully saturated rings. The van der Waals surface area contributed by atoms with E-state index in [1.807, 2.05) is 9.80 Å². The topological polar surface area (TPSA) is 60.9 Å². The lowest BCUT2D eigenvalue weighted by Crippen LogP contribution is -2.46. The summed E-state index contributed by atoms with van der Waals surface area (Å²) in [7, 11) is 0. The van der Waals surface area contributed by atoms with Crippen LogP contribution in [0.2, 0.25) is 0 Å². The third-order valence-corrected chi connectivity index (χ3v) is 5.82. The summed E-state index contributed by atoms with van der Waals surface area (Å²) in [6.07, 6.45) is 6.57. The molecule has 6 heteroatoms. The summed E-state index contributed by atoms with van der Waals surface area (Å²) in [4.78, 5) is 28.4. The predicted molar refractivity (Wildman–Crippen MR) is 114 cm³/mol. The van der Waals surface area contributed by atoms with Crippen molar-refractivity contribution >= 4 is 17.6 Å². The van der Waals surface area contributed by atoms with Gasteiger partial charge in [0.2, 0.25) is 5.91 Å². The Kier molecular flexibility index (Phi) is 9.08. The number of carboxylic acids is 1. The fourth-order valence-electron chi connectivity index (χ4n) is 4.06. The van der Waals surface area contributed by atoms with Crippen LogP contribution in [0.4, 0.5) is 10.1 Å². The van der Waals surface area contributed by atoms with Crippen LogP contribution >= 0.6 is 0 Å². The lowest BCUT2D eigenvalue weighted by atomic mass is 10.0. The maximum absolute atomic E-state index is 13.8. The second kappa shape index (κ2) is 11.3. The number of likely N-dealkylation sites (tertiary alicyclic amines) is 1. The van der Waals surface area contributed by atoms with Crippen LogP contribution < -0.4 is 4.90 Å². The number of aliphatic carboxylic acids is 1. The summed E-state index contributed by atoms with van der Waals surface area (Å²) in [6, 6.07) is 4.94. The van der Waals surface area contributed by atoms with Crippen LogP contribution in [0, 0.1) is 18.7 Å². The third kappa shape index (κ3) is 6.53. The molecule has 1 heterocycles. The lowest BCUT2D eigenvalue weighted by molar-refractivity contribution is -0.141. The molecule has 1 atom stereocenters. The number of unbranched alkanes of at least 4 members (excludes halogenated alkanes) is 2. The Labute approximate surface area is 173 Å². The van der Waals surface area contributed by atoms with Crippen molar-refractivity contribution < 1.29 is 19.1 Å². The molecule has 0 saturated carbocycles. The number of benzene rings is 1. The molecule has 0 bridgehead atoms. The number of nitrogens with zero attached hydrogens (tertiary/aromatic N) is 2. The average molecular weight is 407 g/mol. The fourth-order valence-corrected chi connectivity index (χ4v) is 4.06. The zero-order valence-corrected chi connectivity index (χ0v) is 18.0. The van der Waals surface area contributed by atoms with E-state index in [0.717, 1.165) is 44.2 Å². The highest BCUT2D eigenvalue weighted by molar-refractivity contribution is 5.95. The van der Waals surface area contributed by atoms with E-state index in [1.165, 1.54) is 6.07 Å². The minimum absolute atomic E-state index is 0.0285. The normalized spacial score (nSPS) is 17.1. The van der Waals surface area contributed by atoms with Crippen molar-refractivity contribution in [3.05, 3.63) is 29.6 Å². The molecule has 0 spiro atoms. The molecule has 1 saturated heterocycles. The van der Waals surface area contributed by atoms with Crippen LogP contribution in [0.25, 0.3) is 0 Å². The van der Waals surface area contributed by atoms with E-state index in [0.29, 0.717) is 25.1 Å². The summed E-state index contributed by atoms with van der Waals surface area (Å²) in [5, 5.41) is 9.23. The summed E-state index contributed by atoms with van der Waals surface area (Å²) < 4.78 is 13.8. The second-order valence-corrected chi connectivity index (χ2v) is 8.19. The Morgan fingerprint density at radius 3 is 2.41 bits per heavy atom. The molecule has 1 aromatic carbocycles. The van der Waals surface area contributed by atoms with E-state index in [4.69, 9.17) is 0 Å². The van der Waals surface area contributed by atoms with E-state index in [2.05, 4.69) is 13.8 Å². The van der Waals surface area contributed by atoms with Gasteiger partial charge in [0.05, 0.1) is 12.5 Å². The first-order valence-corrected chi connectivity index (χ1v) is 10.9. The molecular formula is C23H35FN2O3. The molecule has 1 aromatic rings. The molecule has 0 aliphatic carbocycles. The number of hydrogen-bond acceptors (Lipinski definition) is 3. The zero-order chi connectivity index (χ0) is 21.4. The summed E-state index contributed by atoms with van der Waals surface area (Å²) in [6.45, 7) is 7.23. The van der Waals surface area contributed by atoms with Gasteiger partial charge < -0.3 is 10.0 Å². The van der Waals surface area contributed by atoms with Crippen LogP contribution in [0.5, 0.6) is 0 Å². The monoisotopic (exact) mass is 406 g/mol. The highest BCUT2D eigenvalue weighted by atomic mass is 19.1. The maximum atomic E-state index is 13.8. The van der Waals surface area contributed by atoms with E-state index in [-0.39, 0.29) is 24.3 Å². The van der Waals surface area contributed by atoms with Gasteiger partial charge in [-0.15, -0.1) is 0 Å². The molecule has 1 amide bonds. The minimum Gasteiger partial charge on any atom is -0.481 e. The number of halogens is 1. The Hall–Kier alpha value is -1.95. The molecule has 162 valence electrons. The first kappa shape index (κ1) is 23.3. The van der Waals surface area contributed by atoms with E-state index >= 15 is 0 Å². The maximum Gasteiger partial charge on any atom is 0.307 e. The van der Waals surface area contributed by atoms with Crippen molar-refractivity contribution in [1.29, 1.82) is 0 Å². The number of hydrogen-bond donors (Lipinski definition) is 1. The Morgan fingerprint density at radius 1 is 1.24 bits per heavy atom. The lowest BCUT2D eigenvalue weighted by Gasteiger charge is -2.34. The quantitative estimate of drug-likeness (QED) is 0.582. The van der Waals surface area contributed by atoms with E-state index in [9.17, 15) is 19.1 Å². The van der Waals surface area contributed by atoms with Gasteiger partial charge in [-0.1, -0.05) is 39.5 Å². The Balaban J connectivity index is 2.25. The van der Waals surface area contributed by atoms with Gasteiger partial charge in [-0.05, 0) is 56.5 Å². The van der Waals surface area contributed by atoms with Gasteiger partial charge in [0.25, 0.3) is 0 Å². The molecule has 1 aliphatic heterocycles. The molecule has 0 radical (unpaired) electrons. The molecular weight excluding hydrogens is 371 g/mol. The first-order chi connectivity index (χ1) is 13.9. The van der Waals surface area contributed by atoms with Crippen LogP contribution in [0.15, 0.2) is 18.2 Å². The van der Waals surface area contributed by atoms with Crippen molar-refractivity contribution in [2.45, 2.75) is 71.8 Å². The third-order valence-electron chi connectivity index (χ3n) is 5.82. The molecule has 0 aromatic heterocycles. The molecule has 2 rings (SSSR count). The van der Waals surface area contributed by atoms with Gasteiger partial charge in [-0.2, -0.15) is 0 Å². The molecule has 1 aliphatic rings. The number of rotatable bonds is 11. The zero-order valence-electron chi connectivity index (χ0n) is 18.0. The Morgan fingerprint density at radius 2 is 1.90 bits per heavy atom. The summed E-state index contributed by atoms with van der Waals surface area (Å²) >= 11 is 0. The number of aryl methyl sites for hydroxylation is 1. The minimum atomic E-state index is -0.797.